The summed E-state index contributed by atoms with van der Waals surface area (Å²) in [5.74, 6) is -4.50. The highest BCUT2D eigenvalue weighted by atomic mass is 19.3. The normalized spacial score (nSPS) is 13.5. The molecule has 150 valence electrons. The van der Waals surface area contributed by atoms with Crippen LogP contribution < -0.4 is 10.6 Å². The average Bonchev–Trinajstić information content (AvgIpc) is 3.10. The van der Waals surface area contributed by atoms with Crippen molar-refractivity contribution >= 4 is 22.8 Å². The van der Waals surface area contributed by atoms with E-state index in [2.05, 4.69) is 31.8 Å². The van der Waals surface area contributed by atoms with Gasteiger partial charge in [-0.2, -0.15) is 19.1 Å². The number of nitriles is 1. The molecular weight excluding hydrogens is 380 g/mol. The summed E-state index contributed by atoms with van der Waals surface area (Å²) >= 11 is 0. The van der Waals surface area contributed by atoms with Crippen molar-refractivity contribution < 1.29 is 13.6 Å². The molecule has 0 aliphatic carbocycles. The summed E-state index contributed by atoms with van der Waals surface area (Å²) in [6, 6.07) is 5.70. The molecule has 3 aromatic rings. The Morgan fingerprint density at radius 3 is 2.55 bits per heavy atom. The summed E-state index contributed by atoms with van der Waals surface area (Å²) in [4.78, 5) is 20.2. The summed E-state index contributed by atoms with van der Waals surface area (Å²) in [5.41, 5.74) is 1.73. The Balaban J connectivity index is 2.07. The van der Waals surface area contributed by atoms with Crippen molar-refractivity contribution in [3.8, 4) is 6.07 Å². The first-order valence-electron chi connectivity index (χ1n) is 8.80. The Morgan fingerprint density at radius 1 is 1.28 bits per heavy atom. The summed E-state index contributed by atoms with van der Waals surface area (Å²) in [6.07, 6.45) is 4.68. The molecule has 2 aromatic heterocycles. The van der Waals surface area contributed by atoms with Crippen molar-refractivity contribution in [2.75, 3.05) is 12.4 Å². The minimum absolute atomic E-state index is 0.397. The Kier molecular flexibility index (Phi) is 5.41. The summed E-state index contributed by atoms with van der Waals surface area (Å²) in [7, 11) is 1.67. The number of carbonyl (C=O) groups excluding carboxylic acids is 1. The first-order chi connectivity index (χ1) is 13.7. The van der Waals surface area contributed by atoms with Gasteiger partial charge in [-0.3, -0.25) is 9.48 Å². The van der Waals surface area contributed by atoms with Gasteiger partial charge >= 0.3 is 5.92 Å². The fraction of sp³-hybridized carbons (Fsp3) is 0.316. The van der Waals surface area contributed by atoms with E-state index in [4.69, 9.17) is 5.26 Å². The van der Waals surface area contributed by atoms with Crippen molar-refractivity contribution in [3.05, 3.63) is 47.9 Å². The van der Waals surface area contributed by atoms with Gasteiger partial charge in [-0.25, -0.2) is 9.97 Å². The largest absolute Gasteiger partial charge is 0.357 e. The van der Waals surface area contributed by atoms with Gasteiger partial charge in [0.15, 0.2) is 0 Å². The predicted molar refractivity (Wildman–Crippen MR) is 102 cm³/mol. The lowest BCUT2D eigenvalue weighted by Gasteiger charge is -2.27. The number of fused-ring (bicyclic) bond motifs is 1. The van der Waals surface area contributed by atoms with Crippen molar-refractivity contribution in [2.45, 2.75) is 31.9 Å². The van der Waals surface area contributed by atoms with Crippen LogP contribution in [-0.4, -0.2) is 44.7 Å². The third-order valence-corrected chi connectivity index (χ3v) is 4.46. The number of amides is 1. The maximum Gasteiger partial charge on any atom is 0.321 e. The van der Waals surface area contributed by atoms with Gasteiger partial charge in [0.2, 0.25) is 5.95 Å². The van der Waals surface area contributed by atoms with E-state index in [0.717, 1.165) is 0 Å². The maximum atomic E-state index is 13.4. The van der Waals surface area contributed by atoms with Crippen molar-refractivity contribution in [1.29, 1.82) is 5.26 Å². The molecule has 8 nitrogen and oxygen atoms in total. The zero-order valence-corrected chi connectivity index (χ0v) is 16.0. The highest BCUT2D eigenvalue weighted by Crippen LogP contribution is 2.27. The Morgan fingerprint density at radius 2 is 1.97 bits per heavy atom. The number of aromatic nitrogens is 4. The van der Waals surface area contributed by atoms with E-state index in [1.54, 1.807) is 55.4 Å². The molecule has 0 saturated heterocycles. The van der Waals surface area contributed by atoms with E-state index in [1.165, 1.54) is 0 Å². The molecule has 10 heteroatoms. The van der Waals surface area contributed by atoms with Crippen LogP contribution in [0.15, 0.2) is 36.8 Å². The van der Waals surface area contributed by atoms with E-state index in [1.807, 2.05) is 0 Å². The molecule has 1 aromatic carbocycles. The molecule has 29 heavy (non-hydrogen) atoms. The van der Waals surface area contributed by atoms with Crippen LogP contribution in [0.5, 0.6) is 0 Å². The van der Waals surface area contributed by atoms with Gasteiger partial charge in [-0.15, -0.1) is 0 Å². The molecule has 0 spiro atoms. The molecule has 0 bridgehead atoms. The number of hydrogen-bond acceptors (Lipinski definition) is 6. The highest BCUT2D eigenvalue weighted by molar-refractivity contribution is 5.83. The zero-order chi connectivity index (χ0) is 21.2. The molecule has 0 unspecified atom stereocenters. The van der Waals surface area contributed by atoms with Crippen molar-refractivity contribution in [3.63, 3.8) is 0 Å². The topological polar surface area (TPSA) is 109 Å². The number of carbonyl (C=O) groups is 1. The molecule has 0 aliphatic heterocycles. The predicted octanol–water partition coefficient (Wildman–Crippen LogP) is 2.49. The number of rotatable bonds is 6. The number of nitrogens with zero attached hydrogens (tertiary/aromatic N) is 5. The molecule has 2 heterocycles. The molecule has 0 aliphatic rings. The first-order valence-corrected chi connectivity index (χ1v) is 8.80. The summed E-state index contributed by atoms with van der Waals surface area (Å²) in [5, 5.41) is 19.3. The number of nitrogens with one attached hydrogen (secondary N) is 2. The van der Waals surface area contributed by atoms with Crippen LogP contribution >= 0.6 is 0 Å². The summed E-state index contributed by atoms with van der Waals surface area (Å²) in [6.45, 7) is 2.15. The molecule has 1 amide bonds. The van der Waals surface area contributed by atoms with Crippen LogP contribution in [0.3, 0.4) is 0 Å². The number of halogens is 2. The van der Waals surface area contributed by atoms with E-state index in [0.29, 0.717) is 34.9 Å². The van der Waals surface area contributed by atoms with Gasteiger partial charge < -0.3 is 10.6 Å². The monoisotopic (exact) mass is 399 g/mol. The standard InChI is InChI=1S/C19H19F2N7O/c1-11(27-17(29)19(2,20)21)16(14-8-24-18(23-3)25-9-14)28-15-5-4-12(7-22)6-13(15)10-26-28/h4-6,8-11,16H,1-3H3,(H,27,29)(H,23,24,25)/t11-,16-/m0/s1. The zero-order valence-electron chi connectivity index (χ0n) is 16.0. The first kappa shape index (κ1) is 20.1. The smallest absolute Gasteiger partial charge is 0.321 e. The quantitative estimate of drug-likeness (QED) is 0.659. The van der Waals surface area contributed by atoms with Crippen LogP contribution in [0.1, 0.15) is 31.0 Å². The van der Waals surface area contributed by atoms with Crippen LogP contribution in [-0.2, 0) is 4.79 Å². The molecule has 0 saturated carbocycles. The third kappa shape index (κ3) is 4.13. The number of anilines is 1. The van der Waals surface area contributed by atoms with Gasteiger partial charge in [0, 0.05) is 37.3 Å². The number of hydrogen-bond donors (Lipinski definition) is 2. The van der Waals surface area contributed by atoms with E-state index in [-0.39, 0.29) is 0 Å². The lowest BCUT2D eigenvalue weighted by atomic mass is 10.0. The minimum Gasteiger partial charge on any atom is -0.357 e. The van der Waals surface area contributed by atoms with E-state index in [9.17, 15) is 13.6 Å². The van der Waals surface area contributed by atoms with Gasteiger partial charge in [0.25, 0.3) is 5.91 Å². The average molecular weight is 399 g/mol. The third-order valence-electron chi connectivity index (χ3n) is 4.46. The van der Waals surface area contributed by atoms with Gasteiger partial charge in [-0.1, -0.05) is 0 Å². The van der Waals surface area contributed by atoms with Gasteiger partial charge in [-0.05, 0) is 25.1 Å². The molecule has 0 radical (unpaired) electrons. The van der Waals surface area contributed by atoms with Crippen LogP contribution in [0.25, 0.3) is 10.9 Å². The fourth-order valence-corrected chi connectivity index (χ4v) is 3.02. The second-order valence-corrected chi connectivity index (χ2v) is 6.66. The van der Waals surface area contributed by atoms with Crippen LogP contribution in [0.4, 0.5) is 14.7 Å². The maximum absolute atomic E-state index is 13.4. The lowest BCUT2D eigenvalue weighted by molar-refractivity contribution is -0.143. The Hall–Kier alpha value is -3.61. The Bertz CT molecular complexity index is 1070. The number of benzene rings is 1. The highest BCUT2D eigenvalue weighted by Gasteiger charge is 2.35. The van der Waals surface area contributed by atoms with Crippen molar-refractivity contribution in [2.24, 2.45) is 0 Å². The minimum atomic E-state index is -3.51. The lowest BCUT2D eigenvalue weighted by Crippen LogP contribution is -2.46. The van der Waals surface area contributed by atoms with Crippen molar-refractivity contribution in [1.82, 2.24) is 25.1 Å². The van der Waals surface area contributed by atoms with Gasteiger partial charge in [0.1, 0.15) is 6.04 Å². The number of alkyl halides is 2. The molecule has 3 rings (SSSR count). The fourth-order valence-electron chi connectivity index (χ4n) is 3.02. The van der Waals surface area contributed by atoms with E-state index >= 15 is 0 Å². The van der Waals surface area contributed by atoms with Crippen LogP contribution in [0, 0.1) is 11.3 Å². The molecular formula is C19H19F2N7O. The van der Waals surface area contributed by atoms with E-state index < -0.39 is 23.9 Å². The molecule has 0 fully saturated rings. The van der Waals surface area contributed by atoms with Gasteiger partial charge in [0.05, 0.1) is 29.4 Å². The molecule has 2 N–H and O–H groups in total. The SMILES string of the molecule is CNc1ncc([C@H]([C@H](C)NC(=O)C(C)(F)F)n2ncc3cc(C#N)ccc32)cn1. The molecule has 2 atom stereocenters. The summed E-state index contributed by atoms with van der Waals surface area (Å²) < 4.78 is 28.4. The second-order valence-electron chi connectivity index (χ2n) is 6.66. The second kappa shape index (κ2) is 7.79. The van der Waals surface area contributed by atoms with Crippen LogP contribution in [0.2, 0.25) is 0 Å². The Labute approximate surface area is 165 Å².